The average molecular weight is 181 g/mol. The minimum Gasteiger partial charge on any atom is -0.373 e. The molecular formula is C7H10F3NO. The van der Waals surface area contributed by atoms with Gasteiger partial charge in [0.1, 0.15) is 0 Å². The quantitative estimate of drug-likeness (QED) is 0.606. The van der Waals surface area contributed by atoms with E-state index in [4.69, 9.17) is 10.5 Å². The lowest BCUT2D eigenvalue weighted by atomic mass is 9.85. The van der Waals surface area contributed by atoms with Crippen LogP contribution >= 0.6 is 0 Å². The van der Waals surface area contributed by atoms with Gasteiger partial charge in [-0.2, -0.15) is 13.2 Å². The second-order valence-electron chi connectivity index (χ2n) is 3.44. The first-order valence-electron chi connectivity index (χ1n) is 3.98. The van der Waals surface area contributed by atoms with Crippen molar-refractivity contribution < 1.29 is 17.9 Å². The zero-order valence-electron chi connectivity index (χ0n) is 6.34. The Morgan fingerprint density at radius 1 is 1.17 bits per heavy atom. The number of fused-ring (bicyclic) bond motifs is 2. The highest BCUT2D eigenvalue weighted by Crippen LogP contribution is 2.45. The maximum absolute atomic E-state index is 12.3. The molecule has 0 radical (unpaired) electrons. The summed E-state index contributed by atoms with van der Waals surface area (Å²) in [7, 11) is 0. The van der Waals surface area contributed by atoms with Crippen LogP contribution in [0.5, 0.6) is 0 Å². The first-order chi connectivity index (χ1) is 5.50. The number of alkyl halides is 3. The number of hydrogen-bond acceptors (Lipinski definition) is 2. The first kappa shape index (κ1) is 8.31. The Morgan fingerprint density at radius 2 is 1.75 bits per heavy atom. The monoisotopic (exact) mass is 181 g/mol. The smallest absolute Gasteiger partial charge is 0.373 e. The van der Waals surface area contributed by atoms with Gasteiger partial charge in [0.2, 0.25) is 0 Å². The Labute approximate surface area is 67.9 Å². The van der Waals surface area contributed by atoms with Gasteiger partial charge in [0.05, 0.1) is 18.1 Å². The summed E-state index contributed by atoms with van der Waals surface area (Å²) in [6.07, 6.45) is -4.05. The molecule has 2 aliphatic rings. The fraction of sp³-hybridized carbons (Fsp3) is 1.00. The second-order valence-corrected chi connectivity index (χ2v) is 3.44. The lowest BCUT2D eigenvalue weighted by Crippen LogP contribution is -2.47. The Morgan fingerprint density at radius 3 is 2.08 bits per heavy atom. The minimum atomic E-state index is -4.20. The number of ether oxygens (including phenoxy) is 1. The van der Waals surface area contributed by atoms with Gasteiger partial charge in [-0.25, -0.2) is 0 Å². The highest BCUT2D eigenvalue weighted by molar-refractivity contribution is 5.01. The van der Waals surface area contributed by atoms with Crippen molar-refractivity contribution in [1.29, 1.82) is 0 Å². The minimum absolute atomic E-state index is 0.360. The van der Waals surface area contributed by atoms with Crippen LogP contribution in [-0.4, -0.2) is 24.4 Å². The van der Waals surface area contributed by atoms with Crippen molar-refractivity contribution in [3.63, 3.8) is 0 Å². The third-order valence-corrected chi connectivity index (χ3v) is 2.71. The number of rotatable bonds is 0. The van der Waals surface area contributed by atoms with Gasteiger partial charge >= 0.3 is 6.18 Å². The Kier molecular flexibility index (Phi) is 1.63. The Bertz CT molecular complexity index is 192. The fourth-order valence-corrected chi connectivity index (χ4v) is 2.14. The molecule has 2 N–H and O–H groups in total. The highest BCUT2D eigenvalue weighted by atomic mass is 19.4. The molecule has 0 unspecified atom stereocenters. The molecule has 0 saturated carbocycles. The van der Waals surface area contributed by atoms with Gasteiger partial charge in [0.15, 0.2) is 0 Å². The maximum atomic E-state index is 12.3. The lowest BCUT2D eigenvalue weighted by Gasteiger charge is -2.26. The van der Waals surface area contributed by atoms with Gasteiger partial charge in [-0.1, -0.05) is 0 Å². The molecule has 2 rings (SSSR count). The van der Waals surface area contributed by atoms with E-state index in [1.807, 2.05) is 0 Å². The molecule has 0 aliphatic carbocycles. The van der Waals surface area contributed by atoms with E-state index in [2.05, 4.69) is 0 Å². The van der Waals surface area contributed by atoms with Crippen LogP contribution in [-0.2, 0) is 4.74 Å². The molecule has 2 fully saturated rings. The zero-order chi connectivity index (χ0) is 8.93. The van der Waals surface area contributed by atoms with Crippen LogP contribution in [0.3, 0.4) is 0 Å². The van der Waals surface area contributed by atoms with Crippen molar-refractivity contribution in [3.8, 4) is 0 Å². The van der Waals surface area contributed by atoms with Crippen LogP contribution in [0.15, 0.2) is 0 Å². The van der Waals surface area contributed by atoms with Crippen LogP contribution < -0.4 is 5.73 Å². The molecular weight excluding hydrogens is 171 g/mol. The van der Waals surface area contributed by atoms with Crippen molar-refractivity contribution >= 4 is 0 Å². The van der Waals surface area contributed by atoms with Gasteiger partial charge in [-0.15, -0.1) is 0 Å². The van der Waals surface area contributed by atoms with E-state index in [1.165, 1.54) is 0 Å². The van der Waals surface area contributed by atoms with Crippen molar-refractivity contribution in [3.05, 3.63) is 0 Å². The van der Waals surface area contributed by atoms with Crippen LogP contribution in [0.25, 0.3) is 0 Å². The molecule has 2 aliphatic heterocycles. The van der Waals surface area contributed by atoms with E-state index >= 15 is 0 Å². The molecule has 0 aromatic rings. The van der Waals surface area contributed by atoms with E-state index in [0.717, 1.165) is 0 Å². The topological polar surface area (TPSA) is 35.2 Å². The lowest BCUT2D eigenvalue weighted by molar-refractivity contribution is -0.188. The second kappa shape index (κ2) is 2.35. The number of halogens is 3. The number of hydrogen-bond donors (Lipinski definition) is 1. The van der Waals surface area contributed by atoms with Gasteiger partial charge in [-0.05, 0) is 12.8 Å². The van der Waals surface area contributed by atoms with Crippen LogP contribution in [0.1, 0.15) is 12.8 Å². The van der Waals surface area contributed by atoms with Crippen LogP contribution in [0.2, 0.25) is 0 Å². The standard InChI is InChI=1S/C7H10F3NO/c8-7(9,10)5-3-1-2-4(12-3)6(5)11/h3-6H,1-2,11H2/t3-,4-,5-,6+/m1/s1. The third-order valence-electron chi connectivity index (χ3n) is 2.71. The predicted molar refractivity (Wildman–Crippen MR) is 35.4 cm³/mol. The van der Waals surface area contributed by atoms with Crippen molar-refractivity contribution in [1.82, 2.24) is 0 Å². The molecule has 4 atom stereocenters. The summed E-state index contributed by atoms with van der Waals surface area (Å²) < 4.78 is 42.0. The summed E-state index contributed by atoms with van der Waals surface area (Å²) in [5.74, 6) is -1.43. The van der Waals surface area contributed by atoms with Gasteiger partial charge in [-0.3, -0.25) is 0 Å². The van der Waals surface area contributed by atoms with Crippen molar-refractivity contribution in [2.24, 2.45) is 11.7 Å². The predicted octanol–water partition coefficient (Wildman–Crippen LogP) is 1.05. The molecule has 0 amide bonds. The summed E-state index contributed by atoms with van der Waals surface area (Å²) in [6, 6.07) is -0.844. The Balaban J connectivity index is 2.17. The molecule has 2 saturated heterocycles. The van der Waals surface area contributed by atoms with E-state index < -0.39 is 24.2 Å². The number of nitrogens with two attached hydrogens (primary N) is 1. The summed E-state index contributed by atoms with van der Waals surface area (Å²) in [5, 5.41) is 0. The molecule has 2 bridgehead atoms. The Hall–Kier alpha value is -0.290. The van der Waals surface area contributed by atoms with Crippen molar-refractivity contribution in [2.45, 2.75) is 37.3 Å². The van der Waals surface area contributed by atoms with E-state index in [-0.39, 0.29) is 6.10 Å². The maximum Gasteiger partial charge on any atom is 0.395 e. The van der Waals surface area contributed by atoms with Crippen molar-refractivity contribution in [2.75, 3.05) is 0 Å². The summed E-state index contributed by atoms with van der Waals surface area (Å²) >= 11 is 0. The SMILES string of the molecule is N[C@@H]1[C@H](C(F)(F)F)[C@H]2CC[C@H]1O2. The average Bonchev–Trinajstić information content (AvgIpc) is 2.42. The molecule has 0 aromatic carbocycles. The zero-order valence-corrected chi connectivity index (χ0v) is 6.34. The van der Waals surface area contributed by atoms with Crippen LogP contribution in [0, 0.1) is 5.92 Å². The summed E-state index contributed by atoms with van der Waals surface area (Å²) in [5.41, 5.74) is 5.41. The van der Waals surface area contributed by atoms with E-state index in [1.54, 1.807) is 0 Å². The first-order valence-corrected chi connectivity index (χ1v) is 3.98. The molecule has 0 aromatic heterocycles. The molecule has 70 valence electrons. The summed E-state index contributed by atoms with van der Waals surface area (Å²) in [4.78, 5) is 0. The van der Waals surface area contributed by atoms with Gasteiger partial charge in [0.25, 0.3) is 0 Å². The van der Waals surface area contributed by atoms with Gasteiger partial charge < -0.3 is 10.5 Å². The fourth-order valence-electron chi connectivity index (χ4n) is 2.14. The van der Waals surface area contributed by atoms with Gasteiger partial charge in [0, 0.05) is 6.04 Å². The highest BCUT2D eigenvalue weighted by Gasteiger charge is 2.58. The molecule has 12 heavy (non-hydrogen) atoms. The molecule has 0 spiro atoms. The largest absolute Gasteiger partial charge is 0.395 e. The van der Waals surface area contributed by atoms with Crippen LogP contribution in [0.4, 0.5) is 13.2 Å². The molecule has 2 heterocycles. The molecule has 2 nitrogen and oxygen atoms in total. The van der Waals surface area contributed by atoms with E-state index in [0.29, 0.717) is 12.8 Å². The normalized spacial score (nSPS) is 47.0. The third kappa shape index (κ3) is 1.03. The summed E-state index contributed by atoms with van der Waals surface area (Å²) in [6.45, 7) is 0. The van der Waals surface area contributed by atoms with E-state index in [9.17, 15) is 13.2 Å². The molecule has 5 heteroatoms.